The third-order valence-corrected chi connectivity index (χ3v) is 8.37. The van der Waals surface area contributed by atoms with Crippen molar-refractivity contribution in [3.05, 3.63) is 151 Å². The van der Waals surface area contributed by atoms with E-state index in [-0.39, 0.29) is 0 Å². The van der Waals surface area contributed by atoms with Gasteiger partial charge in [0, 0.05) is 33.8 Å². The Morgan fingerprint density at radius 2 is 1.12 bits per heavy atom. The SMILES string of the molecule is CCc1nc2ccccc2n1-c1ccc(-c2ccc(-c3cccc4c(-c5ccccc5)nc5ccccc5c34)cc2)cc1. The molecule has 0 saturated carbocycles. The Labute approximate surface area is 250 Å². The second-order valence-electron chi connectivity index (χ2n) is 10.9. The molecule has 6 aromatic carbocycles. The molecule has 2 aromatic heterocycles. The first-order valence-corrected chi connectivity index (χ1v) is 14.8. The van der Waals surface area contributed by atoms with E-state index in [0.717, 1.165) is 45.7 Å². The van der Waals surface area contributed by atoms with Crippen LogP contribution in [-0.4, -0.2) is 14.5 Å². The zero-order valence-electron chi connectivity index (χ0n) is 23.9. The van der Waals surface area contributed by atoms with Crippen molar-refractivity contribution in [3.8, 4) is 39.2 Å². The summed E-state index contributed by atoms with van der Waals surface area (Å²) in [6.07, 6.45) is 0.879. The molecule has 0 aliphatic heterocycles. The number of fused-ring (bicyclic) bond motifs is 4. The largest absolute Gasteiger partial charge is 0.296 e. The molecule has 43 heavy (non-hydrogen) atoms. The molecular weight excluding hydrogens is 522 g/mol. The summed E-state index contributed by atoms with van der Waals surface area (Å²) in [5, 5.41) is 3.58. The van der Waals surface area contributed by atoms with Crippen LogP contribution >= 0.6 is 0 Å². The van der Waals surface area contributed by atoms with Gasteiger partial charge in [-0.3, -0.25) is 4.57 Å². The van der Waals surface area contributed by atoms with Gasteiger partial charge in [-0.2, -0.15) is 0 Å². The van der Waals surface area contributed by atoms with E-state index < -0.39 is 0 Å². The number of aryl methyl sites for hydroxylation is 1. The van der Waals surface area contributed by atoms with Gasteiger partial charge < -0.3 is 0 Å². The van der Waals surface area contributed by atoms with Crippen molar-refractivity contribution in [2.75, 3.05) is 0 Å². The highest BCUT2D eigenvalue weighted by Gasteiger charge is 2.15. The van der Waals surface area contributed by atoms with Gasteiger partial charge >= 0.3 is 0 Å². The average molecular weight is 552 g/mol. The molecule has 0 amide bonds. The maximum Gasteiger partial charge on any atom is 0.114 e. The van der Waals surface area contributed by atoms with Crippen LogP contribution in [0, 0.1) is 0 Å². The predicted molar refractivity (Wildman–Crippen MR) is 180 cm³/mol. The van der Waals surface area contributed by atoms with Gasteiger partial charge in [0.05, 0.1) is 22.2 Å². The molecule has 0 unspecified atom stereocenters. The third kappa shape index (κ3) is 4.29. The van der Waals surface area contributed by atoms with Crippen LogP contribution in [0.15, 0.2) is 146 Å². The molecular formula is C40H29N3. The first-order chi connectivity index (χ1) is 21.3. The molecule has 8 rings (SSSR count). The lowest BCUT2D eigenvalue weighted by atomic mass is 9.92. The number of nitrogens with zero attached hydrogens (tertiary/aromatic N) is 3. The van der Waals surface area contributed by atoms with Crippen LogP contribution in [0.2, 0.25) is 0 Å². The molecule has 0 bridgehead atoms. The van der Waals surface area contributed by atoms with Gasteiger partial charge in [0.1, 0.15) is 5.82 Å². The summed E-state index contributed by atoms with van der Waals surface area (Å²) in [5.41, 5.74) is 11.3. The van der Waals surface area contributed by atoms with Crippen molar-refractivity contribution < 1.29 is 0 Å². The molecule has 204 valence electrons. The summed E-state index contributed by atoms with van der Waals surface area (Å²) in [6, 6.07) is 51.7. The standard InChI is InChI=1S/C40H29N3/c1-2-38-41-36-17-8-9-18-37(36)43(38)31-25-23-28(24-26-31)27-19-21-29(22-20-27)32-14-10-15-34-39(32)33-13-6-7-16-35(33)42-40(34)30-11-4-3-5-12-30/h3-26H,2H2,1H3. The van der Waals surface area contributed by atoms with E-state index in [0.29, 0.717) is 0 Å². The average Bonchev–Trinajstić information content (AvgIpc) is 3.47. The van der Waals surface area contributed by atoms with Crippen molar-refractivity contribution in [2.24, 2.45) is 0 Å². The van der Waals surface area contributed by atoms with Gasteiger partial charge in [0.2, 0.25) is 0 Å². The zero-order valence-corrected chi connectivity index (χ0v) is 23.9. The molecule has 0 aliphatic carbocycles. The van der Waals surface area contributed by atoms with Crippen molar-refractivity contribution in [3.63, 3.8) is 0 Å². The lowest BCUT2D eigenvalue weighted by Gasteiger charge is -2.14. The van der Waals surface area contributed by atoms with Crippen molar-refractivity contribution >= 4 is 32.7 Å². The summed E-state index contributed by atoms with van der Waals surface area (Å²) in [5.74, 6) is 1.08. The fourth-order valence-corrected chi connectivity index (χ4v) is 6.31. The molecule has 0 atom stereocenters. The molecule has 8 aromatic rings. The molecule has 0 fully saturated rings. The molecule has 3 nitrogen and oxygen atoms in total. The second kappa shape index (κ2) is 10.4. The van der Waals surface area contributed by atoms with Crippen LogP contribution in [0.3, 0.4) is 0 Å². The van der Waals surface area contributed by atoms with Gasteiger partial charge in [0.25, 0.3) is 0 Å². The highest BCUT2D eigenvalue weighted by Crippen LogP contribution is 2.39. The van der Waals surface area contributed by atoms with Crippen LogP contribution in [-0.2, 0) is 6.42 Å². The Morgan fingerprint density at radius 3 is 1.88 bits per heavy atom. The maximum absolute atomic E-state index is 5.11. The Balaban J connectivity index is 1.20. The highest BCUT2D eigenvalue weighted by atomic mass is 15.1. The van der Waals surface area contributed by atoms with E-state index in [9.17, 15) is 0 Å². The zero-order chi connectivity index (χ0) is 28.8. The minimum Gasteiger partial charge on any atom is -0.296 e. The minimum absolute atomic E-state index is 0.879. The summed E-state index contributed by atoms with van der Waals surface area (Å²) < 4.78 is 2.27. The van der Waals surface area contributed by atoms with E-state index in [1.807, 2.05) is 6.07 Å². The minimum atomic E-state index is 0.879. The maximum atomic E-state index is 5.11. The number of para-hydroxylation sites is 3. The van der Waals surface area contributed by atoms with Crippen molar-refractivity contribution in [2.45, 2.75) is 13.3 Å². The van der Waals surface area contributed by atoms with E-state index in [2.05, 4.69) is 151 Å². The smallest absolute Gasteiger partial charge is 0.114 e. The third-order valence-electron chi connectivity index (χ3n) is 8.37. The lowest BCUT2D eigenvalue weighted by molar-refractivity contribution is 0.908. The van der Waals surface area contributed by atoms with Crippen LogP contribution in [0.4, 0.5) is 0 Å². The number of imidazole rings is 1. The Hall–Kier alpha value is -5.54. The topological polar surface area (TPSA) is 30.7 Å². The lowest BCUT2D eigenvalue weighted by Crippen LogP contribution is -1.99. The second-order valence-corrected chi connectivity index (χ2v) is 10.9. The van der Waals surface area contributed by atoms with Crippen LogP contribution in [0.25, 0.3) is 71.9 Å². The number of hydrogen-bond donors (Lipinski definition) is 0. The van der Waals surface area contributed by atoms with Crippen LogP contribution in [0.5, 0.6) is 0 Å². The Morgan fingerprint density at radius 1 is 0.488 bits per heavy atom. The fourth-order valence-electron chi connectivity index (χ4n) is 6.31. The van der Waals surface area contributed by atoms with Gasteiger partial charge in [-0.1, -0.05) is 122 Å². The summed E-state index contributed by atoms with van der Waals surface area (Å²) in [6.45, 7) is 2.16. The fraction of sp³-hybridized carbons (Fsp3) is 0.0500. The predicted octanol–water partition coefficient (Wildman–Crippen LogP) is 10.3. The highest BCUT2D eigenvalue weighted by molar-refractivity contribution is 6.17. The van der Waals surface area contributed by atoms with Gasteiger partial charge in [-0.15, -0.1) is 0 Å². The molecule has 0 saturated heterocycles. The molecule has 0 aliphatic rings. The number of rotatable bonds is 5. The first-order valence-electron chi connectivity index (χ1n) is 14.8. The van der Waals surface area contributed by atoms with E-state index in [1.165, 1.54) is 38.4 Å². The summed E-state index contributed by atoms with van der Waals surface area (Å²) in [4.78, 5) is 9.96. The summed E-state index contributed by atoms with van der Waals surface area (Å²) >= 11 is 0. The quantitative estimate of drug-likeness (QED) is 0.199. The normalized spacial score (nSPS) is 11.5. The monoisotopic (exact) mass is 551 g/mol. The van der Waals surface area contributed by atoms with Crippen LogP contribution < -0.4 is 0 Å². The molecule has 3 heteroatoms. The molecule has 2 heterocycles. The van der Waals surface area contributed by atoms with Crippen molar-refractivity contribution in [1.82, 2.24) is 14.5 Å². The Kier molecular flexibility index (Phi) is 6.08. The first kappa shape index (κ1) is 25.2. The van der Waals surface area contributed by atoms with Gasteiger partial charge in [0.15, 0.2) is 0 Å². The van der Waals surface area contributed by atoms with Gasteiger partial charge in [-0.25, -0.2) is 9.97 Å². The van der Waals surface area contributed by atoms with E-state index in [1.54, 1.807) is 0 Å². The number of aromatic nitrogens is 3. The van der Waals surface area contributed by atoms with Gasteiger partial charge in [-0.05, 0) is 52.6 Å². The number of benzene rings is 6. The molecule has 0 N–H and O–H groups in total. The van der Waals surface area contributed by atoms with Crippen LogP contribution in [0.1, 0.15) is 12.7 Å². The number of hydrogen-bond acceptors (Lipinski definition) is 2. The van der Waals surface area contributed by atoms with Crippen molar-refractivity contribution in [1.29, 1.82) is 0 Å². The molecule has 0 spiro atoms. The summed E-state index contributed by atoms with van der Waals surface area (Å²) in [7, 11) is 0. The van der Waals surface area contributed by atoms with E-state index >= 15 is 0 Å². The number of pyridine rings is 1. The molecule has 0 radical (unpaired) electrons. The van der Waals surface area contributed by atoms with E-state index in [4.69, 9.17) is 9.97 Å². The Bertz CT molecular complexity index is 2240.